The van der Waals surface area contributed by atoms with Crippen LogP contribution in [0.15, 0.2) is 23.3 Å². The first-order valence-corrected chi connectivity index (χ1v) is 7.24. The molecule has 0 bridgehead atoms. The molecular formula is C18H16N2O4. The normalized spacial score (nSPS) is 11.5. The van der Waals surface area contributed by atoms with E-state index in [9.17, 15) is 9.59 Å². The molecule has 6 nitrogen and oxygen atoms in total. The highest BCUT2D eigenvalue weighted by Gasteiger charge is 2.14. The van der Waals surface area contributed by atoms with Crippen molar-refractivity contribution in [3.8, 4) is 12.1 Å². The molecule has 0 aliphatic heterocycles. The van der Waals surface area contributed by atoms with Gasteiger partial charge in [-0.15, -0.1) is 0 Å². The molecule has 0 fully saturated rings. The van der Waals surface area contributed by atoms with Crippen LogP contribution in [0.1, 0.15) is 36.1 Å². The number of carboxylic acid groups (broad SMARTS) is 2. The second kappa shape index (κ2) is 8.30. The number of nitriles is 2. The van der Waals surface area contributed by atoms with Crippen LogP contribution in [0.25, 0.3) is 12.2 Å². The molecule has 0 heterocycles. The average molecular weight is 324 g/mol. The molecule has 1 aromatic rings. The first kappa shape index (κ1) is 18.7. The van der Waals surface area contributed by atoms with Crippen molar-refractivity contribution in [1.82, 2.24) is 0 Å². The number of carbonyl (C=O) groups is 2. The first-order chi connectivity index (χ1) is 11.4. The third-order valence-corrected chi connectivity index (χ3v) is 3.51. The summed E-state index contributed by atoms with van der Waals surface area (Å²) in [5.41, 5.74) is 2.08. The Labute approximate surface area is 139 Å². The summed E-state index contributed by atoms with van der Waals surface area (Å²) in [5, 5.41) is 35.8. The molecule has 1 aromatic carbocycles. The second-order valence-electron chi connectivity index (χ2n) is 4.86. The van der Waals surface area contributed by atoms with Gasteiger partial charge in [-0.1, -0.05) is 26.0 Å². The molecule has 0 saturated heterocycles. The lowest BCUT2D eigenvalue weighted by Gasteiger charge is -2.14. The maximum absolute atomic E-state index is 11.0. The van der Waals surface area contributed by atoms with Gasteiger partial charge in [0.25, 0.3) is 0 Å². The Morgan fingerprint density at radius 2 is 1.25 bits per heavy atom. The maximum Gasteiger partial charge on any atom is 0.346 e. The summed E-state index contributed by atoms with van der Waals surface area (Å²) in [4.78, 5) is 22.0. The minimum absolute atomic E-state index is 0.377. The molecule has 0 atom stereocenters. The summed E-state index contributed by atoms with van der Waals surface area (Å²) in [6, 6.07) is 6.53. The van der Waals surface area contributed by atoms with Gasteiger partial charge in [0.2, 0.25) is 0 Å². The molecular weight excluding hydrogens is 308 g/mol. The summed E-state index contributed by atoms with van der Waals surface area (Å²) in [5.74, 6) is -2.61. The smallest absolute Gasteiger partial charge is 0.346 e. The molecule has 0 unspecified atom stereocenters. The Morgan fingerprint density at radius 3 is 1.46 bits per heavy atom. The topological polar surface area (TPSA) is 122 Å². The van der Waals surface area contributed by atoms with Crippen molar-refractivity contribution in [3.63, 3.8) is 0 Å². The van der Waals surface area contributed by atoms with Gasteiger partial charge in [-0.25, -0.2) is 9.59 Å². The maximum atomic E-state index is 11.0. The largest absolute Gasteiger partial charge is 0.477 e. The molecule has 122 valence electrons. The number of hydrogen-bond acceptors (Lipinski definition) is 4. The van der Waals surface area contributed by atoms with E-state index < -0.39 is 11.9 Å². The van der Waals surface area contributed by atoms with Gasteiger partial charge in [-0.05, 0) is 47.2 Å². The third kappa shape index (κ3) is 4.08. The van der Waals surface area contributed by atoms with Crippen molar-refractivity contribution in [3.05, 3.63) is 45.5 Å². The summed E-state index contributed by atoms with van der Waals surface area (Å²) in [6.45, 7) is 3.77. The van der Waals surface area contributed by atoms with E-state index in [2.05, 4.69) is 0 Å². The van der Waals surface area contributed by atoms with Crippen molar-refractivity contribution in [2.24, 2.45) is 0 Å². The van der Waals surface area contributed by atoms with Gasteiger partial charge >= 0.3 is 11.9 Å². The lowest BCUT2D eigenvalue weighted by Crippen LogP contribution is -2.03. The zero-order chi connectivity index (χ0) is 18.3. The van der Waals surface area contributed by atoms with Crippen LogP contribution in [-0.2, 0) is 22.4 Å². The van der Waals surface area contributed by atoms with Gasteiger partial charge in [0.15, 0.2) is 0 Å². The third-order valence-electron chi connectivity index (χ3n) is 3.51. The summed E-state index contributed by atoms with van der Waals surface area (Å²) < 4.78 is 0. The van der Waals surface area contributed by atoms with Gasteiger partial charge < -0.3 is 10.2 Å². The summed E-state index contributed by atoms with van der Waals surface area (Å²) in [7, 11) is 0. The molecule has 0 aliphatic carbocycles. The van der Waals surface area contributed by atoms with Crippen LogP contribution in [0.3, 0.4) is 0 Å². The fourth-order valence-corrected chi connectivity index (χ4v) is 2.43. The molecule has 0 radical (unpaired) electrons. The Morgan fingerprint density at radius 1 is 0.917 bits per heavy atom. The molecule has 1 rings (SSSR count). The van der Waals surface area contributed by atoms with Crippen LogP contribution < -0.4 is 0 Å². The highest BCUT2D eigenvalue weighted by Crippen LogP contribution is 2.25. The highest BCUT2D eigenvalue weighted by atomic mass is 16.4. The number of aliphatic carboxylic acids is 2. The van der Waals surface area contributed by atoms with Gasteiger partial charge in [-0.2, -0.15) is 10.5 Å². The minimum atomic E-state index is -1.31. The van der Waals surface area contributed by atoms with E-state index in [4.69, 9.17) is 20.7 Å². The molecule has 0 amide bonds. The van der Waals surface area contributed by atoms with Crippen LogP contribution in [0.5, 0.6) is 0 Å². The lowest BCUT2D eigenvalue weighted by atomic mass is 9.90. The molecule has 0 spiro atoms. The molecule has 0 aromatic heterocycles. The van der Waals surface area contributed by atoms with Crippen LogP contribution in [-0.4, -0.2) is 22.2 Å². The molecule has 0 aliphatic rings. The Bertz CT molecular complexity index is 752. The van der Waals surface area contributed by atoms with E-state index in [1.54, 1.807) is 24.3 Å². The van der Waals surface area contributed by atoms with Crippen molar-refractivity contribution in [2.75, 3.05) is 0 Å². The van der Waals surface area contributed by atoms with E-state index in [1.807, 2.05) is 13.8 Å². The van der Waals surface area contributed by atoms with Gasteiger partial charge in [0.05, 0.1) is 0 Å². The first-order valence-electron chi connectivity index (χ1n) is 7.24. The number of rotatable bonds is 6. The predicted molar refractivity (Wildman–Crippen MR) is 87.6 cm³/mol. The van der Waals surface area contributed by atoms with E-state index in [-0.39, 0.29) is 11.1 Å². The second-order valence-corrected chi connectivity index (χ2v) is 4.86. The standard InChI is InChI=1S/C18H16N2O4/c1-3-15-11(7-13(9-19)17(21)22)5-6-12(16(15)4-2)8-14(10-20)18(23)24/h5-8H,3-4H2,1-2H3,(H,21,22)(H,23,24). The Balaban J connectivity index is 3.63. The molecule has 2 N–H and O–H groups in total. The van der Waals surface area contributed by atoms with Crippen molar-refractivity contribution in [2.45, 2.75) is 26.7 Å². The van der Waals surface area contributed by atoms with Crippen molar-refractivity contribution < 1.29 is 19.8 Å². The predicted octanol–water partition coefficient (Wildman–Crippen LogP) is 2.79. The van der Waals surface area contributed by atoms with Gasteiger partial charge in [0.1, 0.15) is 23.3 Å². The van der Waals surface area contributed by atoms with Crippen molar-refractivity contribution in [1.29, 1.82) is 10.5 Å². The Hall–Kier alpha value is -3.38. The van der Waals surface area contributed by atoms with E-state index >= 15 is 0 Å². The number of nitrogens with zero attached hydrogens (tertiary/aromatic N) is 2. The van der Waals surface area contributed by atoms with E-state index in [0.29, 0.717) is 24.0 Å². The molecule has 0 saturated carbocycles. The minimum Gasteiger partial charge on any atom is -0.477 e. The fourth-order valence-electron chi connectivity index (χ4n) is 2.43. The SMILES string of the molecule is CCc1c(C=C(C#N)C(=O)O)ccc(C=C(C#N)C(=O)O)c1CC. The number of hydrogen-bond donors (Lipinski definition) is 2. The van der Waals surface area contributed by atoms with Crippen LogP contribution >= 0.6 is 0 Å². The summed E-state index contributed by atoms with van der Waals surface area (Å²) in [6.07, 6.45) is 3.75. The molecule has 6 heteroatoms. The number of carboxylic acids is 2. The van der Waals surface area contributed by atoms with Crippen LogP contribution in [0, 0.1) is 22.7 Å². The van der Waals surface area contributed by atoms with E-state index in [0.717, 1.165) is 11.1 Å². The zero-order valence-electron chi connectivity index (χ0n) is 13.3. The average Bonchev–Trinajstić information content (AvgIpc) is 2.56. The van der Waals surface area contributed by atoms with E-state index in [1.165, 1.54) is 12.2 Å². The summed E-state index contributed by atoms with van der Waals surface area (Å²) >= 11 is 0. The van der Waals surface area contributed by atoms with Crippen molar-refractivity contribution >= 4 is 24.1 Å². The monoisotopic (exact) mass is 324 g/mol. The van der Waals surface area contributed by atoms with Gasteiger partial charge in [0, 0.05) is 0 Å². The highest BCUT2D eigenvalue weighted by molar-refractivity contribution is 5.98. The molecule has 24 heavy (non-hydrogen) atoms. The van der Waals surface area contributed by atoms with Crippen LogP contribution in [0.2, 0.25) is 0 Å². The zero-order valence-corrected chi connectivity index (χ0v) is 13.3. The quantitative estimate of drug-likeness (QED) is 0.613. The van der Waals surface area contributed by atoms with Crippen LogP contribution in [0.4, 0.5) is 0 Å². The van der Waals surface area contributed by atoms with Gasteiger partial charge in [-0.3, -0.25) is 0 Å². The fraction of sp³-hybridized carbons (Fsp3) is 0.222. The lowest BCUT2D eigenvalue weighted by molar-refractivity contribution is -0.133. The Kier molecular flexibility index (Phi) is 6.46. The number of benzene rings is 1.